The molecular weight excluding hydrogens is 252 g/mol. The predicted octanol–water partition coefficient (Wildman–Crippen LogP) is 2.92. The van der Waals surface area contributed by atoms with Gasteiger partial charge < -0.3 is 4.74 Å². The van der Waals surface area contributed by atoms with Gasteiger partial charge in [0.2, 0.25) is 11.6 Å². The van der Waals surface area contributed by atoms with Crippen LogP contribution in [-0.2, 0) is 9.59 Å². The summed E-state index contributed by atoms with van der Waals surface area (Å²) in [5.41, 5.74) is 2.38. The summed E-state index contributed by atoms with van der Waals surface area (Å²) in [6.45, 7) is 2.00. The Hall–Kier alpha value is -2.68. The van der Waals surface area contributed by atoms with Crippen molar-refractivity contribution in [2.75, 3.05) is 0 Å². The molecule has 2 aliphatic rings. The number of carbonyl (C=O) groups excluding carboxylic acids is 2. The Bertz CT molecular complexity index is 731. The number of hydrogen-bond donors (Lipinski definition) is 0. The monoisotopic (exact) mass is 264 g/mol. The molecule has 0 spiro atoms. The van der Waals surface area contributed by atoms with Crippen molar-refractivity contribution in [3.63, 3.8) is 0 Å². The number of fused-ring (bicyclic) bond motifs is 1. The summed E-state index contributed by atoms with van der Waals surface area (Å²) in [4.78, 5) is 23.6. The highest BCUT2D eigenvalue weighted by Crippen LogP contribution is 2.30. The molecule has 0 aromatic heterocycles. The molecule has 3 rings (SSSR count). The third kappa shape index (κ3) is 2.14. The van der Waals surface area contributed by atoms with Crippen LogP contribution >= 0.6 is 0 Å². The molecule has 1 aliphatic heterocycles. The van der Waals surface area contributed by atoms with E-state index in [9.17, 15) is 9.59 Å². The molecule has 0 unspecified atom stereocenters. The van der Waals surface area contributed by atoms with Gasteiger partial charge in [-0.3, -0.25) is 9.59 Å². The molecule has 0 amide bonds. The molecule has 1 aliphatic carbocycles. The minimum Gasteiger partial charge on any atom is -0.456 e. The summed E-state index contributed by atoms with van der Waals surface area (Å²) < 4.78 is 5.74. The second kappa shape index (κ2) is 4.78. The minimum absolute atomic E-state index is 0.280. The first-order valence-corrected chi connectivity index (χ1v) is 6.29. The number of carbonyl (C=O) groups is 2. The molecular formula is C17H12O3. The van der Waals surface area contributed by atoms with Gasteiger partial charge in [0.25, 0.3) is 0 Å². The van der Waals surface area contributed by atoms with Crippen molar-refractivity contribution in [2.24, 2.45) is 0 Å². The zero-order chi connectivity index (χ0) is 14.1. The second-order valence-electron chi connectivity index (χ2n) is 4.67. The molecule has 20 heavy (non-hydrogen) atoms. The first-order valence-electron chi connectivity index (χ1n) is 6.29. The van der Waals surface area contributed by atoms with Crippen molar-refractivity contribution in [3.05, 3.63) is 71.0 Å². The van der Waals surface area contributed by atoms with Gasteiger partial charge in [-0.2, -0.15) is 0 Å². The first-order chi connectivity index (χ1) is 9.65. The molecule has 3 heteroatoms. The largest absolute Gasteiger partial charge is 0.456 e. The third-order valence-corrected chi connectivity index (χ3v) is 3.15. The third-order valence-electron chi connectivity index (χ3n) is 3.15. The van der Waals surface area contributed by atoms with E-state index in [0.29, 0.717) is 11.5 Å². The van der Waals surface area contributed by atoms with Crippen molar-refractivity contribution in [3.8, 4) is 5.75 Å². The molecule has 0 atom stereocenters. The average molecular weight is 264 g/mol. The molecule has 0 bridgehead atoms. The molecule has 3 nitrogen and oxygen atoms in total. The number of Topliss-reactive ketones (excluding diaryl/α,β-unsaturated/α-hetero) is 1. The lowest BCUT2D eigenvalue weighted by molar-refractivity contribution is -0.131. The number of allylic oxidation sites excluding steroid dienone is 6. The van der Waals surface area contributed by atoms with Crippen LogP contribution in [0.1, 0.15) is 11.1 Å². The van der Waals surface area contributed by atoms with Gasteiger partial charge in [-0.25, -0.2) is 0 Å². The smallest absolute Gasteiger partial charge is 0.236 e. The SMILES string of the molecule is Cc1ccc2c(c1)C=C/C(=C1\C=CC=CC(=O)C1=O)O2. The zero-order valence-electron chi connectivity index (χ0n) is 10.9. The van der Waals surface area contributed by atoms with Crippen molar-refractivity contribution in [1.82, 2.24) is 0 Å². The van der Waals surface area contributed by atoms with Crippen molar-refractivity contribution in [1.29, 1.82) is 0 Å². The zero-order valence-corrected chi connectivity index (χ0v) is 10.9. The molecule has 1 aromatic carbocycles. The van der Waals surface area contributed by atoms with Crippen LogP contribution in [0.2, 0.25) is 0 Å². The maximum atomic E-state index is 12.0. The highest BCUT2D eigenvalue weighted by atomic mass is 16.5. The lowest BCUT2D eigenvalue weighted by Gasteiger charge is -2.16. The van der Waals surface area contributed by atoms with Crippen LogP contribution in [-0.4, -0.2) is 11.6 Å². The van der Waals surface area contributed by atoms with Crippen LogP contribution in [0, 0.1) is 6.92 Å². The highest BCUT2D eigenvalue weighted by molar-refractivity contribution is 6.48. The van der Waals surface area contributed by atoms with E-state index in [1.807, 2.05) is 31.2 Å². The van der Waals surface area contributed by atoms with Crippen LogP contribution in [0.4, 0.5) is 0 Å². The fourth-order valence-corrected chi connectivity index (χ4v) is 2.13. The molecule has 0 saturated carbocycles. The molecule has 0 saturated heterocycles. The van der Waals surface area contributed by atoms with E-state index in [0.717, 1.165) is 11.1 Å². The van der Waals surface area contributed by atoms with Crippen LogP contribution in [0.25, 0.3) is 6.08 Å². The minimum atomic E-state index is -0.551. The van der Waals surface area contributed by atoms with Gasteiger partial charge in [-0.05, 0) is 43.4 Å². The van der Waals surface area contributed by atoms with E-state index in [-0.39, 0.29) is 5.57 Å². The van der Waals surface area contributed by atoms with E-state index in [2.05, 4.69) is 0 Å². The fourth-order valence-electron chi connectivity index (χ4n) is 2.13. The molecule has 1 aromatic rings. The first kappa shape index (κ1) is 12.4. The topological polar surface area (TPSA) is 43.4 Å². The summed E-state index contributed by atoms with van der Waals surface area (Å²) in [6.07, 6.45) is 9.68. The number of rotatable bonds is 0. The Morgan fingerprint density at radius 1 is 0.950 bits per heavy atom. The highest BCUT2D eigenvalue weighted by Gasteiger charge is 2.22. The Kier molecular flexibility index (Phi) is 2.95. The summed E-state index contributed by atoms with van der Waals surface area (Å²) in [7, 11) is 0. The standard InChI is InChI=1S/C17H12O3/c1-11-6-8-15-12(10-11)7-9-16(20-15)13-4-2-3-5-14(18)17(13)19/h2-10H,1H3/b16-13-. The predicted molar refractivity (Wildman–Crippen MR) is 76.2 cm³/mol. The molecule has 0 fully saturated rings. The Morgan fingerprint density at radius 2 is 1.75 bits per heavy atom. The van der Waals surface area contributed by atoms with Gasteiger partial charge in [0.05, 0.1) is 5.57 Å². The van der Waals surface area contributed by atoms with E-state index in [1.54, 1.807) is 24.3 Å². The van der Waals surface area contributed by atoms with Gasteiger partial charge in [-0.15, -0.1) is 0 Å². The van der Waals surface area contributed by atoms with Crippen LogP contribution in [0.3, 0.4) is 0 Å². The van der Waals surface area contributed by atoms with Gasteiger partial charge in [0.15, 0.2) is 0 Å². The Labute approximate surface area is 116 Å². The summed E-state index contributed by atoms with van der Waals surface area (Å²) in [6, 6.07) is 5.81. The number of benzene rings is 1. The summed E-state index contributed by atoms with van der Waals surface area (Å²) in [5, 5.41) is 0. The van der Waals surface area contributed by atoms with Crippen molar-refractivity contribution < 1.29 is 14.3 Å². The van der Waals surface area contributed by atoms with Crippen LogP contribution in [0.15, 0.2) is 59.9 Å². The van der Waals surface area contributed by atoms with Crippen molar-refractivity contribution in [2.45, 2.75) is 6.92 Å². The number of ether oxygens (including phenoxy) is 1. The average Bonchev–Trinajstić information content (AvgIpc) is 2.61. The lowest BCUT2D eigenvalue weighted by atomic mass is 10.0. The van der Waals surface area contributed by atoms with Crippen molar-refractivity contribution >= 4 is 17.6 Å². The van der Waals surface area contributed by atoms with Gasteiger partial charge >= 0.3 is 0 Å². The maximum absolute atomic E-state index is 12.0. The summed E-state index contributed by atoms with van der Waals surface area (Å²) in [5.74, 6) is 0.000484. The Balaban J connectivity index is 2.05. The van der Waals surface area contributed by atoms with Gasteiger partial charge in [-0.1, -0.05) is 23.8 Å². The maximum Gasteiger partial charge on any atom is 0.236 e. The van der Waals surface area contributed by atoms with E-state index >= 15 is 0 Å². The molecule has 0 radical (unpaired) electrons. The van der Waals surface area contributed by atoms with E-state index < -0.39 is 11.6 Å². The van der Waals surface area contributed by atoms with Gasteiger partial charge in [0, 0.05) is 5.56 Å². The van der Waals surface area contributed by atoms with E-state index in [4.69, 9.17) is 4.74 Å². The summed E-state index contributed by atoms with van der Waals surface area (Å²) >= 11 is 0. The molecule has 1 heterocycles. The quantitative estimate of drug-likeness (QED) is 0.534. The van der Waals surface area contributed by atoms with Crippen LogP contribution in [0.5, 0.6) is 5.75 Å². The van der Waals surface area contributed by atoms with Crippen LogP contribution < -0.4 is 4.74 Å². The molecule has 0 N–H and O–H groups in total. The lowest BCUT2D eigenvalue weighted by Crippen LogP contribution is -2.15. The van der Waals surface area contributed by atoms with Gasteiger partial charge in [0.1, 0.15) is 11.5 Å². The second-order valence-corrected chi connectivity index (χ2v) is 4.67. The fraction of sp³-hybridized carbons (Fsp3) is 0.0588. The Morgan fingerprint density at radius 3 is 2.60 bits per heavy atom. The number of hydrogen-bond acceptors (Lipinski definition) is 3. The molecule has 98 valence electrons. The number of ketones is 2. The van der Waals surface area contributed by atoms with E-state index in [1.165, 1.54) is 6.08 Å². The number of aryl methyl sites for hydroxylation is 1. The normalized spacial score (nSPS) is 20.6.